The second-order valence-electron chi connectivity index (χ2n) is 15.1. The summed E-state index contributed by atoms with van der Waals surface area (Å²) in [6.45, 7) is 7.02. The van der Waals surface area contributed by atoms with E-state index in [0.29, 0.717) is 0 Å². The van der Waals surface area contributed by atoms with Crippen LogP contribution in [0.1, 0.15) is 76.8 Å². The zero-order valence-electron chi connectivity index (χ0n) is 27.5. The molecule has 0 saturated carbocycles. The van der Waals surface area contributed by atoms with Gasteiger partial charge in [-0.15, -0.1) is 0 Å². The van der Waals surface area contributed by atoms with Gasteiger partial charge < -0.3 is 0 Å². The molecule has 0 saturated heterocycles. The van der Waals surface area contributed by atoms with Gasteiger partial charge in [0.05, 0.1) is 11.8 Å². The number of hydrogen-bond acceptors (Lipinski definition) is 1. The standard InChI is InChI=1S/C46H35N2/c1-45(2,3)32-21-23-36-35(27-32)39(28-12-6-4-7-13-28)34-22-19-31-26-30-18-17-29-20-24-37-44-41(29)40(30)42(31)43(34)46(36,44)47-25-11-10-16-38(47)48(37)33-14-8-5-9-15-33/h4-25,27,39H,26H2,1-3H3/q+1. The van der Waals surface area contributed by atoms with Gasteiger partial charge in [0.15, 0.2) is 5.54 Å². The van der Waals surface area contributed by atoms with Crippen molar-refractivity contribution in [2.24, 2.45) is 0 Å². The van der Waals surface area contributed by atoms with Gasteiger partial charge in [-0.25, -0.2) is 4.57 Å². The molecule has 48 heavy (non-hydrogen) atoms. The van der Waals surface area contributed by atoms with Crippen molar-refractivity contribution >= 4 is 28.0 Å². The normalized spacial score (nSPS) is 18.9. The van der Waals surface area contributed by atoms with Gasteiger partial charge in [-0.1, -0.05) is 124 Å². The van der Waals surface area contributed by atoms with E-state index in [1.165, 1.54) is 89.2 Å². The monoisotopic (exact) mass is 615 g/mol. The van der Waals surface area contributed by atoms with Crippen LogP contribution < -0.4 is 9.47 Å². The molecule has 2 unspecified atom stereocenters. The summed E-state index contributed by atoms with van der Waals surface area (Å²) in [4.78, 5) is 2.50. The first-order chi connectivity index (χ1) is 23.5. The Morgan fingerprint density at radius 1 is 0.667 bits per heavy atom. The average molecular weight is 616 g/mol. The zero-order valence-corrected chi connectivity index (χ0v) is 27.5. The van der Waals surface area contributed by atoms with Crippen LogP contribution in [0.4, 0.5) is 17.2 Å². The molecule has 2 heterocycles. The molecule has 2 atom stereocenters. The first-order valence-corrected chi connectivity index (χ1v) is 17.3. The van der Waals surface area contributed by atoms with Crippen LogP contribution in [0, 0.1) is 0 Å². The first kappa shape index (κ1) is 26.6. The third-order valence-corrected chi connectivity index (χ3v) is 11.7. The number of anilines is 3. The van der Waals surface area contributed by atoms with Crippen LogP contribution in [0.5, 0.6) is 0 Å². The highest BCUT2D eigenvalue weighted by Crippen LogP contribution is 2.65. The van der Waals surface area contributed by atoms with Gasteiger partial charge in [0.2, 0.25) is 0 Å². The highest BCUT2D eigenvalue weighted by molar-refractivity contribution is 6.11. The van der Waals surface area contributed by atoms with Crippen molar-refractivity contribution in [1.29, 1.82) is 0 Å². The van der Waals surface area contributed by atoms with E-state index in [9.17, 15) is 0 Å². The van der Waals surface area contributed by atoms with Crippen LogP contribution in [0.15, 0.2) is 140 Å². The SMILES string of the molecule is CC(C)(C)c1ccc2c(c1)C(c1ccccc1)c1ccc3c4c1C21c2c(ccc5ccc(c-4c25)C3)N(c2ccccc2)c2cccc[n+]21. The Morgan fingerprint density at radius 3 is 2.21 bits per heavy atom. The van der Waals surface area contributed by atoms with Gasteiger partial charge in [0.1, 0.15) is 11.4 Å². The number of fused-ring (bicyclic) bond motifs is 2. The smallest absolute Gasteiger partial charge is 0.215 e. The van der Waals surface area contributed by atoms with Crippen LogP contribution >= 0.6 is 0 Å². The summed E-state index contributed by atoms with van der Waals surface area (Å²) in [6.07, 6.45) is 3.33. The minimum absolute atomic E-state index is 0.0209. The Labute approximate surface area is 281 Å². The topological polar surface area (TPSA) is 7.12 Å². The van der Waals surface area contributed by atoms with Crippen LogP contribution in [-0.2, 0) is 17.4 Å². The Bertz CT molecular complexity index is 2520. The van der Waals surface area contributed by atoms with Gasteiger partial charge >= 0.3 is 0 Å². The molecule has 0 bridgehead atoms. The van der Waals surface area contributed by atoms with Crippen molar-refractivity contribution in [3.8, 4) is 11.1 Å². The molecular weight excluding hydrogens is 581 g/mol. The minimum Gasteiger partial charge on any atom is -0.215 e. The highest BCUT2D eigenvalue weighted by Gasteiger charge is 2.61. The lowest BCUT2D eigenvalue weighted by Gasteiger charge is -2.49. The minimum atomic E-state index is -0.537. The second-order valence-corrected chi connectivity index (χ2v) is 15.1. The van der Waals surface area contributed by atoms with E-state index in [-0.39, 0.29) is 11.3 Å². The molecule has 228 valence electrons. The van der Waals surface area contributed by atoms with Crippen molar-refractivity contribution in [1.82, 2.24) is 0 Å². The number of benzene rings is 6. The molecular formula is C46H35N2+. The lowest BCUT2D eigenvalue weighted by molar-refractivity contribution is -0.723. The molecule has 1 spiro atoms. The van der Waals surface area contributed by atoms with Crippen LogP contribution in [0.2, 0.25) is 0 Å². The Kier molecular flexibility index (Phi) is 4.93. The fourth-order valence-corrected chi connectivity index (χ4v) is 9.77. The maximum Gasteiger partial charge on any atom is 0.288 e. The lowest BCUT2D eigenvalue weighted by atomic mass is 9.58. The molecule has 2 heteroatoms. The van der Waals surface area contributed by atoms with Gasteiger partial charge in [-0.2, -0.15) is 4.90 Å². The van der Waals surface area contributed by atoms with E-state index in [1.807, 2.05) is 0 Å². The zero-order chi connectivity index (χ0) is 31.9. The maximum atomic E-state index is 2.63. The molecule has 0 amide bonds. The van der Waals surface area contributed by atoms with Crippen LogP contribution in [-0.4, -0.2) is 0 Å². The largest absolute Gasteiger partial charge is 0.288 e. The van der Waals surface area contributed by atoms with Crippen molar-refractivity contribution < 1.29 is 4.57 Å². The van der Waals surface area contributed by atoms with Crippen LogP contribution in [0.25, 0.3) is 21.9 Å². The molecule has 4 aliphatic rings. The number of hydrogen-bond donors (Lipinski definition) is 0. The fourth-order valence-electron chi connectivity index (χ4n) is 9.77. The van der Waals surface area contributed by atoms with E-state index in [1.54, 1.807) is 0 Å². The summed E-state index contributed by atoms with van der Waals surface area (Å²) in [7, 11) is 0. The summed E-state index contributed by atoms with van der Waals surface area (Å²) in [5.74, 6) is 1.31. The Morgan fingerprint density at radius 2 is 1.40 bits per heavy atom. The molecule has 1 aromatic heterocycles. The Balaban J connectivity index is 1.40. The molecule has 0 fully saturated rings. The van der Waals surface area contributed by atoms with Crippen LogP contribution in [0.3, 0.4) is 0 Å². The average Bonchev–Trinajstić information content (AvgIpc) is 3.51. The Hall–Kier alpha value is -5.47. The molecule has 0 N–H and O–H groups in total. The quantitative estimate of drug-likeness (QED) is 0.176. The van der Waals surface area contributed by atoms with Crippen molar-refractivity contribution in [2.75, 3.05) is 4.90 Å². The highest BCUT2D eigenvalue weighted by atomic mass is 15.3. The van der Waals surface area contributed by atoms with E-state index in [4.69, 9.17) is 0 Å². The predicted molar refractivity (Wildman–Crippen MR) is 195 cm³/mol. The molecule has 0 radical (unpaired) electrons. The number of aromatic nitrogens is 1. The lowest BCUT2D eigenvalue weighted by Crippen LogP contribution is -2.65. The molecule has 7 aromatic rings. The summed E-state index contributed by atoms with van der Waals surface area (Å²) in [5, 5.41) is 2.74. The molecule has 6 aromatic carbocycles. The maximum absolute atomic E-state index is 2.63. The summed E-state index contributed by atoms with van der Waals surface area (Å²) in [5.41, 5.74) is 17.6. The van der Waals surface area contributed by atoms with Gasteiger partial charge in [0, 0.05) is 28.5 Å². The third-order valence-electron chi connectivity index (χ3n) is 11.7. The van der Waals surface area contributed by atoms with Gasteiger partial charge in [-0.3, -0.25) is 0 Å². The summed E-state index contributed by atoms with van der Waals surface area (Å²) >= 11 is 0. The van der Waals surface area contributed by atoms with E-state index < -0.39 is 5.54 Å². The number of rotatable bonds is 2. The van der Waals surface area contributed by atoms with Crippen molar-refractivity contribution in [3.63, 3.8) is 0 Å². The second kappa shape index (κ2) is 8.90. The molecule has 2 nitrogen and oxygen atoms in total. The predicted octanol–water partition coefficient (Wildman–Crippen LogP) is 10.4. The summed E-state index contributed by atoms with van der Waals surface area (Å²) in [6, 6.07) is 50.8. The first-order valence-electron chi connectivity index (χ1n) is 17.3. The fraction of sp³-hybridized carbons (Fsp3) is 0.152. The van der Waals surface area contributed by atoms with Gasteiger partial charge in [0.25, 0.3) is 5.82 Å². The van der Waals surface area contributed by atoms with Gasteiger partial charge in [-0.05, 0) is 86.0 Å². The van der Waals surface area contributed by atoms with Crippen molar-refractivity contribution in [2.45, 2.75) is 44.1 Å². The van der Waals surface area contributed by atoms with Crippen molar-refractivity contribution in [3.05, 3.63) is 190 Å². The van der Waals surface area contributed by atoms with E-state index >= 15 is 0 Å². The number of para-hydroxylation sites is 1. The summed E-state index contributed by atoms with van der Waals surface area (Å²) < 4.78 is 2.63. The van der Waals surface area contributed by atoms with E-state index in [2.05, 4.69) is 170 Å². The van der Waals surface area contributed by atoms with E-state index in [0.717, 1.165) is 6.42 Å². The number of nitrogens with zero attached hydrogens (tertiary/aromatic N) is 2. The molecule has 1 aliphatic heterocycles. The third kappa shape index (κ3) is 3.07. The molecule has 3 aliphatic carbocycles. The number of pyridine rings is 1. The molecule has 11 rings (SSSR count).